The van der Waals surface area contributed by atoms with E-state index in [1.54, 1.807) is 0 Å². The Labute approximate surface area is 127 Å². The molecule has 2 rings (SSSR count). The molecule has 0 aromatic carbocycles. The molecule has 6 nitrogen and oxygen atoms in total. The van der Waals surface area contributed by atoms with Crippen molar-refractivity contribution in [2.45, 2.75) is 45.1 Å². The highest BCUT2D eigenvalue weighted by molar-refractivity contribution is 5.80. The van der Waals surface area contributed by atoms with Crippen LogP contribution in [0, 0.1) is 5.92 Å². The second-order valence-corrected chi connectivity index (χ2v) is 6.82. The summed E-state index contributed by atoms with van der Waals surface area (Å²) in [5.41, 5.74) is 5.28. The predicted molar refractivity (Wildman–Crippen MR) is 81.8 cm³/mol. The first-order valence-corrected chi connectivity index (χ1v) is 7.99. The van der Waals surface area contributed by atoms with Crippen molar-refractivity contribution in [3.05, 3.63) is 0 Å². The maximum atomic E-state index is 12.3. The molecule has 2 heterocycles. The van der Waals surface area contributed by atoms with Crippen LogP contribution in [0.3, 0.4) is 0 Å². The lowest BCUT2D eigenvalue weighted by molar-refractivity contribution is -0.127. The predicted octanol–water partition coefficient (Wildman–Crippen LogP) is 0.768. The van der Waals surface area contributed by atoms with Gasteiger partial charge in [-0.2, -0.15) is 0 Å². The van der Waals surface area contributed by atoms with E-state index in [2.05, 4.69) is 5.32 Å². The fraction of sp³-hybridized carbons (Fsp3) is 0.867. The van der Waals surface area contributed by atoms with Crippen LogP contribution < -0.4 is 11.1 Å². The van der Waals surface area contributed by atoms with Crippen LogP contribution in [0.25, 0.3) is 0 Å². The van der Waals surface area contributed by atoms with Gasteiger partial charge in [0.25, 0.3) is 0 Å². The van der Waals surface area contributed by atoms with Crippen LogP contribution in [0.2, 0.25) is 0 Å². The summed E-state index contributed by atoms with van der Waals surface area (Å²) < 4.78 is 0. The van der Waals surface area contributed by atoms with E-state index < -0.39 is 0 Å². The number of nitrogens with two attached hydrogens (primary N) is 1. The standard InChI is InChI=1S/C15H28N4O2/c1-15(2,11-16)17-13(20)12-5-9-19(10-6-12)14(21)18-7-3-4-8-18/h12H,3-11,16H2,1-2H3,(H,17,20). The zero-order valence-electron chi connectivity index (χ0n) is 13.2. The number of urea groups is 1. The molecule has 6 heteroatoms. The number of hydrogen-bond acceptors (Lipinski definition) is 3. The van der Waals surface area contributed by atoms with Crippen LogP contribution in [-0.2, 0) is 4.79 Å². The van der Waals surface area contributed by atoms with Gasteiger partial charge < -0.3 is 20.9 Å². The van der Waals surface area contributed by atoms with Gasteiger partial charge in [0, 0.05) is 44.2 Å². The summed E-state index contributed by atoms with van der Waals surface area (Å²) >= 11 is 0. The van der Waals surface area contributed by atoms with Crippen LogP contribution >= 0.6 is 0 Å². The molecule has 2 aliphatic rings. The van der Waals surface area contributed by atoms with Crippen molar-refractivity contribution in [3.8, 4) is 0 Å². The van der Waals surface area contributed by atoms with Crippen LogP contribution in [0.5, 0.6) is 0 Å². The zero-order valence-corrected chi connectivity index (χ0v) is 13.2. The van der Waals surface area contributed by atoms with E-state index in [9.17, 15) is 9.59 Å². The minimum Gasteiger partial charge on any atom is -0.350 e. The fourth-order valence-electron chi connectivity index (χ4n) is 2.93. The lowest BCUT2D eigenvalue weighted by atomic mass is 9.94. The first-order valence-electron chi connectivity index (χ1n) is 7.99. The summed E-state index contributed by atoms with van der Waals surface area (Å²) in [6.45, 7) is 7.39. The maximum Gasteiger partial charge on any atom is 0.319 e. The van der Waals surface area contributed by atoms with E-state index in [-0.39, 0.29) is 23.4 Å². The Bertz CT molecular complexity index is 383. The number of carbonyl (C=O) groups is 2. The van der Waals surface area contributed by atoms with E-state index in [0.717, 1.165) is 38.8 Å². The molecule has 0 aromatic heterocycles. The second kappa shape index (κ2) is 6.64. The smallest absolute Gasteiger partial charge is 0.319 e. The summed E-state index contributed by atoms with van der Waals surface area (Å²) in [5, 5.41) is 3.00. The summed E-state index contributed by atoms with van der Waals surface area (Å²) in [6, 6.07) is 0.147. The Kier molecular flexibility index (Phi) is 5.08. The molecule has 0 atom stereocenters. The highest BCUT2D eigenvalue weighted by Gasteiger charge is 2.31. The molecule has 0 aromatic rings. The zero-order chi connectivity index (χ0) is 15.5. The van der Waals surface area contributed by atoms with Gasteiger partial charge in [0.05, 0.1) is 0 Å². The van der Waals surface area contributed by atoms with Crippen molar-refractivity contribution >= 4 is 11.9 Å². The van der Waals surface area contributed by atoms with Gasteiger partial charge in [-0.15, -0.1) is 0 Å². The average molecular weight is 296 g/mol. The second-order valence-electron chi connectivity index (χ2n) is 6.82. The van der Waals surface area contributed by atoms with E-state index >= 15 is 0 Å². The van der Waals surface area contributed by atoms with Crippen molar-refractivity contribution < 1.29 is 9.59 Å². The van der Waals surface area contributed by atoms with Gasteiger partial charge in [-0.3, -0.25) is 4.79 Å². The van der Waals surface area contributed by atoms with Gasteiger partial charge in [-0.1, -0.05) is 0 Å². The van der Waals surface area contributed by atoms with E-state index in [0.29, 0.717) is 19.6 Å². The molecule has 2 fully saturated rings. The number of hydrogen-bond donors (Lipinski definition) is 2. The average Bonchev–Trinajstić information content (AvgIpc) is 3.00. The van der Waals surface area contributed by atoms with Crippen molar-refractivity contribution in [2.24, 2.45) is 11.7 Å². The number of nitrogens with zero attached hydrogens (tertiary/aromatic N) is 2. The van der Waals surface area contributed by atoms with Gasteiger partial charge >= 0.3 is 6.03 Å². The Morgan fingerprint density at radius 3 is 2.14 bits per heavy atom. The molecule has 0 radical (unpaired) electrons. The highest BCUT2D eigenvalue weighted by atomic mass is 16.2. The van der Waals surface area contributed by atoms with E-state index in [1.165, 1.54) is 0 Å². The van der Waals surface area contributed by atoms with Gasteiger partial charge in [-0.05, 0) is 39.5 Å². The molecule has 2 aliphatic heterocycles. The summed E-state index contributed by atoms with van der Waals surface area (Å²) in [5.74, 6) is 0.0668. The molecule has 0 saturated carbocycles. The normalized spacial score (nSPS) is 20.7. The summed E-state index contributed by atoms with van der Waals surface area (Å²) in [4.78, 5) is 28.3. The minimum atomic E-state index is -0.362. The van der Waals surface area contributed by atoms with Gasteiger partial charge in [0.1, 0.15) is 0 Å². The Morgan fingerprint density at radius 2 is 1.62 bits per heavy atom. The molecule has 21 heavy (non-hydrogen) atoms. The van der Waals surface area contributed by atoms with Crippen LogP contribution in [-0.4, -0.2) is 60.0 Å². The maximum absolute atomic E-state index is 12.3. The number of likely N-dealkylation sites (tertiary alicyclic amines) is 2. The monoisotopic (exact) mass is 296 g/mol. The van der Waals surface area contributed by atoms with Gasteiger partial charge in [-0.25, -0.2) is 4.79 Å². The van der Waals surface area contributed by atoms with Crippen molar-refractivity contribution in [1.82, 2.24) is 15.1 Å². The van der Waals surface area contributed by atoms with Crippen LogP contribution in [0.4, 0.5) is 4.79 Å². The molecule has 3 amide bonds. The number of rotatable bonds is 3. The lowest BCUT2D eigenvalue weighted by Gasteiger charge is -2.35. The Morgan fingerprint density at radius 1 is 1.10 bits per heavy atom. The SMILES string of the molecule is CC(C)(CN)NC(=O)C1CCN(C(=O)N2CCCC2)CC1. The van der Waals surface area contributed by atoms with E-state index in [1.807, 2.05) is 23.6 Å². The topological polar surface area (TPSA) is 78.7 Å². The van der Waals surface area contributed by atoms with Crippen molar-refractivity contribution in [2.75, 3.05) is 32.7 Å². The first kappa shape index (κ1) is 16.1. The number of amides is 3. The fourth-order valence-corrected chi connectivity index (χ4v) is 2.93. The highest BCUT2D eigenvalue weighted by Crippen LogP contribution is 2.20. The third-order valence-corrected chi connectivity index (χ3v) is 4.48. The van der Waals surface area contributed by atoms with E-state index in [4.69, 9.17) is 5.73 Å². The Balaban J connectivity index is 1.80. The molecule has 0 unspecified atom stereocenters. The molecule has 120 valence electrons. The third-order valence-electron chi connectivity index (χ3n) is 4.48. The lowest BCUT2D eigenvalue weighted by Crippen LogP contribution is -2.53. The number of nitrogens with one attached hydrogen (secondary N) is 1. The molecule has 2 saturated heterocycles. The van der Waals surface area contributed by atoms with Gasteiger partial charge in [0.2, 0.25) is 5.91 Å². The molecular formula is C15H28N4O2. The molecule has 0 aliphatic carbocycles. The molecule has 0 spiro atoms. The summed E-state index contributed by atoms with van der Waals surface area (Å²) in [6.07, 6.45) is 3.70. The molecule has 0 bridgehead atoms. The number of piperidine rings is 1. The van der Waals surface area contributed by atoms with Crippen molar-refractivity contribution in [3.63, 3.8) is 0 Å². The van der Waals surface area contributed by atoms with Crippen LogP contribution in [0.15, 0.2) is 0 Å². The van der Waals surface area contributed by atoms with Gasteiger partial charge in [0.15, 0.2) is 0 Å². The van der Waals surface area contributed by atoms with Crippen LogP contribution in [0.1, 0.15) is 39.5 Å². The largest absolute Gasteiger partial charge is 0.350 e. The number of carbonyl (C=O) groups excluding carboxylic acids is 2. The molecule has 3 N–H and O–H groups in total. The summed E-state index contributed by atoms with van der Waals surface area (Å²) in [7, 11) is 0. The minimum absolute atomic E-state index is 0.00143. The third kappa shape index (κ3) is 4.09. The quantitative estimate of drug-likeness (QED) is 0.807. The Hall–Kier alpha value is -1.30. The first-order chi connectivity index (χ1) is 9.93. The van der Waals surface area contributed by atoms with Crippen molar-refractivity contribution in [1.29, 1.82) is 0 Å². The molecular weight excluding hydrogens is 268 g/mol.